The highest BCUT2D eigenvalue weighted by Gasteiger charge is 2.34. The number of benzene rings is 4. The van der Waals surface area contributed by atoms with Crippen LogP contribution in [0.25, 0.3) is 0 Å². The van der Waals surface area contributed by atoms with Crippen molar-refractivity contribution in [3.63, 3.8) is 0 Å². The molecule has 8 heteroatoms. The van der Waals surface area contributed by atoms with Crippen LogP contribution in [0.15, 0.2) is 84.9 Å². The van der Waals surface area contributed by atoms with E-state index in [1.807, 2.05) is 36.4 Å². The van der Waals surface area contributed by atoms with Gasteiger partial charge in [-0.3, -0.25) is 14.9 Å². The standard InChI is InChI=1S/C28H21ClN2O5/c1-36-25-8-4-5-18-16-30(28(33)17-9-11-19(12-10-17)31(34)35)24-14-13-20(32)15-22(24)27(26(18)25)21-6-2-3-7-23(21)29/h2-15,27,32H,16H2,1H3. The Balaban J connectivity index is 1.76. The lowest BCUT2D eigenvalue weighted by molar-refractivity contribution is -0.384. The van der Waals surface area contributed by atoms with Gasteiger partial charge >= 0.3 is 0 Å². The molecular weight excluding hydrogens is 480 g/mol. The van der Waals surface area contributed by atoms with Gasteiger partial charge in [0.05, 0.1) is 18.6 Å². The number of hydrogen-bond donors (Lipinski definition) is 1. The quantitative estimate of drug-likeness (QED) is 0.262. The molecule has 0 bridgehead atoms. The van der Waals surface area contributed by atoms with Crippen molar-refractivity contribution in [3.8, 4) is 11.5 Å². The number of phenolic OH excluding ortho intramolecular Hbond substituents is 1. The summed E-state index contributed by atoms with van der Waals surface area (Å²) in [4.78, 5) is 26.0. The first-order chi connectivity index (χ1) is 17.4. The van der Waals surface area contributed by atoms with E-state index < -0.39 is 10.8 Å². The number of nitro benzene ring substituents is 1. The predicted molar refractivity (Wildman–Crippen MR) is 137 cm³/mol. The molecule has 7 nitrogen and oxygen atoms in total. The van der Waals surface area contributed by atoms with Crippen molar-refractivity contribution in [2.75, 3.05) is 12.0 Å². The first-order valence-electron chi connectivity index (χ1n) is 11.2. The molecule has 1 heterocycles. The number of rotatable bonds is 4. The van der Waals surface area contributed by atoms with E-state index in [0.717, 1.165) is 16.7 Å². The first kappa shape index (κ1) is 23.4. The normalized spacial score (nSPS) is 14.4. The second kappa shape index (κ2) is 9.36. The van der Waals surface area contributed by atoms with Crippen LogP contribution in [0.4, 0.5) is 11.4 Å². The lowest BCUT2D eigenvalue weighted by atomic mass is 9.82. The third-order valence-electron chi connectivity index (χ3n) is 6.39. The SMILES string of the molecule is COc1cccc2c1C(c1ccccc1Cl)c1cc(O)ccc1N(C(=O)c1ccc([N+](=O)[O-])cc1)C2. The molecule has 0 saturated heterocycles. The topological polar surface area (TPSA) is 92.9 Å². The van der Waals surface area contributed by atoms with Gasteiger partial charge in [-0.05, 0) is 59.2 Å². The molecule has 1 atom stereocenters. The maximum Gasteiger partial charge on any atom is 0.269 e. The summed E-state index contributed by atoms with van der Waals surface area (Å²) in [5.74, 6) is -0.0738. The number of anilines is 1. The summed E-state index contributed by atoms with van der Waals surface area (Å²) in [6.07, 6.45) is 0. The maximum absolute atomic E-state index is 13.8. The van der Waals surface area contributed by atoms with Gasteiger partial charge in [-0.25, -0.2) is 0 Å². The number of nitro groups is 1. The van der Waals surface area contributed by atoms with E-state index in [0.29, 0.717) is 27.6 Å². The Morgan fingerprint density at radius 3 is 2.47 bits per heavy atom. The largest absolute Gasteiger partial charge is 0.508 e. The van der Waals surface area contributed by atoms with Gasteiger partial charge in [0.25, 0.3) is 11.6 Å². The van der Waals surface area contributed by atoms with Gasteiger partial charge in [0.1, 0.15) is 11.5 Å². The van der Waals surface area contributed by atoms with Crippen LogP contribution in [0.2, 0.25) is 5.02 Å². The van der Waals surface area contributed by atoms with Gasteiger partial charge in [0.2, 0.25) is 0 Å². The smallest absolute Gasteiger partial charge is 0.269 e. The molecule has 4 aromatic carbocycles. The van der Waals surface area contributed by atoms with Gasteiger partial charge in [-0.2, -0.15) is 0 Å². The Morgan fingerprint density at radius 1 is 1.03 bits per heavy atom. The average Bonchev–Trinajstić information content (AvgIpc) is 3.03. The van der Waals surface area contributed by atoms with E-state index in [1.165, 1.54) is 30.3 Å². The lowest BCUT2D eigenvalue weighted by Crippen LogP contribution is -2.30. The van der Waals surface area contributed by atoms with E-state index in [-0.39, 0.29) is 23.9 Å². The second-order valence-electron chi connectivity index (χ2n) is 8.43. The number of phenols is 1. The molecular formula is C28H21ClN2O5. The molecule has 0 aromatic heterocycles. The van der Waals surface area contributed by atoms with Gasteiger partial charge in [0, 0.05) is 39.9 Å². The minimum absolute atomic E-state index is 0.0480. The highest BCUT2D eigenvalue weighted by Crippen LogP contribution is 2.48. The molecule has 1 aliphatic rings. The molecule has 180 valence electrons. The molecule has 1 unspecified atom stereocenters. The van der Waals surface area contributed by atoms with E-state index in [1.54, 1.807) is 30.2 Å². The number of fused-ring (bicyclic) bond motifs is 2. The first-order valence-corrected chi connectivity index (χ1v) is 11.6. The molecule has 1 N–H and O–H groups in total. The van der Waals surface area contributed by atoms with Crippen LogP contribution in [0.5, 0.6) is 11.5 Å². The van der Waals surface area contributed by atoms with E-state index in [4.69, 9.17) is 16.3 Å². The summed E-state index contributed by atoms with van der Waals surface area (Å²) in [5.41, 5.74) is 3.99. The van der Waals surface area contributed by atoms with Crippen LogP contribution in [-0.2, 0) is 6.54 Å². The fourth-order valence-electron chi connectivity index (χ4n) is 4.76. The fourth-order valence-corrected chi connectivity index (χ4v) is 5.00. The van der Waals surface area contributed by atoms with Gasteiger partial charge in [0.15, 0.2) is 0 Å². The predicted octanol–water partition coefficient (Wildman–Crippen LogP) is 6.30. The highest BCUT2D eigenvalue weighted by atomic mass is 35.5. The van der Waals surface area contributed by atoms with E-state index in [2.05, 4.69) is 0 Å². The molecule has 0 saturated carbocycles. The molecule has 4 aromatic rings. The monoisotopic (exact) mass is 500 g/mol. The third-order valence-corrected chi connectivity index (χ3v) is 6.74. The second-order valence-corrected chi connectivity index (χ2v) is 8.83. The van der Waals surface area contributed by atoms with Crippen LogP contribution in [0.1, 0.15) is 38.5 Å². The average molecular weight is 501 g/mol. The zero-order valence-corrected chi connectivity index (χ0v) is 20.0. The number of carbonyl (C=O) groups is 1. The van der Waals surface area contributed by atoms with Crippen LogP contribution in [0.3, 0.4) is 0 Å². The molecule has 0 spiro atoms. The number of nitrogens with zero attached hydrogens (tertiary/aromatic N) is 2. The minimum Gasteiger partial charge on any atom is -0.508 e. The van der Waals surface area contributed by atoms with Crippen LogP contribution in [0, 0.1) is 10.1 Å². The molecule has 0 radical (unpaired) electrons. The fraction of sp³-hybridized carbons (Fsp3) is 0.107. The summed E-state index contributed by atoms with van der Waals surface area (Å²) in [7, 11) is 1.59. The summed E-state index contributed by atoms with van der Waals surface area (Å²) in [5, 5.41) is 22.1. The number of ether oxygens (including phenoxy) is 1. The number of hydrogen-bond acceptors (Lipinski definition) is 5. The number of halogens is 1. The molecule has 0 aliphatic carbocycles. The minimum atomic E-state index is -0.505. The van der Waals surface area contributed by atoms with Crippen molar-refractivity contribution in [3.05, 3.63) is 128 Å². The maximum atomic E-state index is 13.8. The molecule has 1 aliphatic heterocycles. The molecule has 36 heavy (non-hydrogen) atoms. The number of amides is 1. The van der Waals surface area contributed by atoms with Crippen LogP contribution < -0.4 is 9.64 Å². The Labute approximate surface area is 212 Å². The van der Waals surface area contributed by atoms with Crippen molar-refractivity contribution in [1.82, 2.24) is 0 Å². The van der Waals surface area contributed by atoms with Crippen molar-refractivity contribution in [1.29, 1.82) is 0 Å². The van der Waals surface area contributed by atoms with Crippen molar-refractivity contribution >= 4 is 28.9 Å². The summed E-state index contributed by atoms with van der Waals surface area (Å²) < 4.78 is 5.75. The highest BCUT2D eigenvalue weighted by molar-refractivity contribution is 6.31. The van der Waals surface area contributed by atoms with Crippen LogP contribution in [-0.4, -0.2) is 23.0 Å². The van der Waals surface area contributed by atoms with Gasteiger partial charge < -0.3 is 14.7 Å². The summed E-state index contributed by atoms with van der Waals surface area (Å²) >= 11 is 6.68. The third kappa shape index (κ3) is 4.03. The van der Waals surface area contributed by atoms with Crippen molar-refractivity contribution in [2.24, 2.45) is 0 Å². The number of non-ortho nitro benzene ring substituents is 1. The van der Waals surface area contributed by atoms with E-state index in [9.17, 15) is 20.0 Å². The van der Waals surface area contributed by atoms with Crippen molar-refractivity contribution in [2.45, 2.75) is 12.5 Å². The van der Waals surface area contributed by atoms with Gasteiger partial charge in [-0.1, -0.05) is 41.9 Å². The molecule has 5 rings (SSSR count). The summed E-state index contributed by atoms with van der Waals surface area (Å²) in [6.45, 7) is 0.223. The molecule has 0 fully saturated rings. The number of carbonyl (C=O) groups excluding carboxylic acids is 1. The zero-order valence-electron chi connectivity index (χ0n) is 19.2. The zero-order chi connectivity index (χ0) is 25.4. The van der Waals surface area contributed by atoms with Gasteiger partial charge in [-0.15, -0.1) is 0 Å². The summed E-state index contributed by atoms with van der Waals surface area (Å²) in [6, 6.07) is 23.5. The Kier molecular flexibility index (Phi) is 6.08. The lowest BCUT2D eigenvalue weighted by Gasteiger charge is -2.25. The Bertz CT molecular complexity index is 1490. The van der Waals surface area contributed by atoms with E-state index >= 15 is 0 Å². The van der Waals surface area contributed by atoms with Crippen molar-refractivity contribution < 1.29 is 19.6 Å². The number of aromatic hydroxyl groups is 1. The Hall–Kier alpha value is -4.36. The molecule has 1 amide bonds. The number of methoxy groups -OCH3 is 1. The van der Waals surface area contributed by atoms with Crippen LogP contribution >= 0.6 is 11.6 Å². The Morgan fingerprint density at radius 2 is 1.78 bits per heavy atom.